The minimum absolute atomic E-state index is 0.0751. The van der Waals surface area contributed by atoms with E-state index in [0.29, 0.717) is 12.4 Å². The number of esters is 1. The molecule has 2 atom stereocenters. The van der Waals surface area contributed by atoms with E-state index in [9.17, 15) is 13.2 Å². The molecule has 2 heterocycles. The molecule has 4 rings (SSSR count). The van der Waals surface area contributed by atoms with Gasteiger partial charge in [-0.3, -0.25) is 0 Å². The van der Waals surface area contributed by atoms with Gasteiger partial charge in [0.1, 0.15) is 11.9 Å². The second kappa shape index (κ2) is 8.96. The highest BCUT2D eigenvalue weighted by molar-refractivity contribution is 7.92. The summed E-state index contributed by atoms with van der Waals surface area (Å²) in [6, 6.07) is 17.3. The van der Waals surface area contributed by atoms with E-state index in [1.165, 1.54) is 13.2 Å². The number of sulfone groups is 1. The fraction of sp³-hybridized carbons (Fsp3) is 0.304. The Balaban J connectivity index is 1.71. The quantitative estimate of drug-likeness (QED) is 0.510. The maximum Gasteiger partial charge on any atom is 0.328 e. The van der Waals surface area contributed by atoms with Crippen LogP contribution in [-0.4, -0.2) is 49.1 Å². The molecular weight excluding hydrogens is 450 g/mol. The molecule has 1 aromatic heterocycles. The Morgan fingerprint density at radius 1 is 1.16 bits per heavy atom. The zero-order chi connectivity index (χ0) is 22.9. The van der Waals surface area contributed by atoms with Gasteiger partial charge in [-0.25, -0.2) is 17.9 Å². The zero-order valence-electron chi connectivity index (χ0n) is 17.8. The van der Waals surface area contributed by atoms with Gasteiger partial charge in [-0.15, -0.1) is 0 Å². The Morgan fingerprint density at radius 2 is 1.84 bits per heavy atom. The van der Waals surface area contributed by atoms with Crippen LogP contribution in [0.4, 0.5) is 5.82 Å². The average Bonchev–Trinajstić information content (AvgIpc) is 3.38. The van der Waals surface area contributed by atoms with E-state index in [1.807, 2.05) is 43.3 Å². The summed E-state index contributed by atoms with van der Waals surface area (Å²) < 4.78 is 33.6. The van der Waals surface area contributed by atoms with Crippen LogP contribution in [0.1, 0.15) is 17.7 Å². The number of hydrogen-bond acceptors (Lipinski definition) is 6. The van der Waals surface area contributed by atoms with Crippen molar-refractivity contribution in [3.8, 4) is 0 Å². The number of carbonyl (C=O) groups is 1. The minimum atomic E-state index is -3.76. The number of aryl methyl sites for hydroxylation is 1. The summed E-state index contributed by atoms with van der Waals surface area (Å²) in [6.07, 6.45) is 0.107. The highest BCUT2D eigenvalue weighted by Gasteiger charge is 2.45. The smallest absolute Gasteiger partial charge is 0.328 e. The molecular formula is C23H24ClN3O4S. The molecule has 2 aromatic carbocycles. The number of nitrogens with zero attached hydrogens (tertiary/aromatic N) is 3. The lowest BCUT2D eigenvalue weighted by Crippen LogP contribution is -2.38. The topological polar surface area (TPSA) is 81.5 Å². The standard InChI is InChI=1S/C23H24ClN3O4S/c1-16-12-22(27(25-16)14-17-8-4-3-5-9-17)26-15-18(13-20(26)23(28)31-2)32(29,30)21-11-7-6-10-19(21)24/h3-12,18,20H,13-15H2,1-2H3. The molecule has 1 saturated heterocycles. The fourth-order valence-corrected chi connectivity index (χ4v) is 6.34. The number of anilines is 1. The van der Waals surface area contributed by atoms with Gasteiger partial charge in [-0.1, -0.05) is 54.1 Å². The SMILES string of the molecule is COC(=O)C1CC(S(=O)(=O)c2ccccc2Cl)CN1c1cc(C)nn1Cc1ccccc1. The van der Waals surface area contributed by atoms with Crippen molar-refractivity contribution in [2.75, 3.05) is 18.6 Å². The van der Waals surface area contributed by atoms with Crippen molar-refractivity contribution in [1.29, 1.82) is 0 Å². The van der Waals surface area contributed by atoms with Crippen molar-refractivity contribution in [3.63, 3.8) is 0 Å². The van der Waals surface area contributed by atoms with Crippen LogP contribution < -0.4 is 4.90 Å². The lowest BCUT2D eigenvalue weighted by atomic mass is 10.2. The summed E-state index contributed by atoms with van der Waals surface area (Å²) in [6.45, 7) is 2.50. The van der Waals surface area contributed by atoms with Crippen LogP contribution in [0, 0.1) is 6.92 Å². The third-order valence-corrected chi connectivity index (χ3v) is 8.30. The normalized spacial score (nSPS) is 18.7. The maximum atomic E-state index is 13.4. The van der Waals surface area contributed by atoms with E-state index >= 15 is 0 Å². The summed E-state index contributed by atoms with van der Waals surface area (Å²) in [4.78, 5) is 14.5. The molecule has 1 fully saturated rings. The summed E-state index contributed by atoms with van der Waals surface area (Å²) >= 11 is 6.19. The van der Waals surface area contributed by atoms with Gasteiger partial charge >= 0.3 is 5.97 Å². The summed E-state index contributed by atoms with van der Waals surface area (Å²) in [5, 5.41) is 3.94. The van der Waals surface area contributed by atoms with Gasteiger partial charge in [0.15, 0.2) is 9.84 Å². The average molecular weight is 474 g/mol. The lowest BCUT2D eigenvalue weighted by Gasteiger charge is -2.25. The van der Waals surface area contributed by atoms with Crippen molar-refractivity contribution in [1.82, 2.24) is 9.78 Å². The number of aromatic nitrogens is 2. The molecule has 0 bridgehead atoms. The molecule has 32 heavy (non-hydrogen) atoms. The molecule has 9 heteroatoms. The van der Waals surface area contributed by atoms with Crippen molar-refractivity contribution >= 4 is 33.2 Å². The number of rotatable bonds is 6. The fourth-order valence-electron chi connectivity index (χ4n) is 4.13. The van der Waals surface area contributed by atoms with Crippen LogP contribution >= 0.6 is 11.6 Å². The molecule has 0 saturated carbocycles. The molecule has 2 unspecified atom stereocenters. The lowest BCUT2D eigenvalue weighted by molar-refractivity contribution is -0.141. The molecule has 0 spiro atoms. The van der Waals surface area contributed by atoms with Crippen molar-refractivity contribution in [2.45, 2.75) is 36.1 Å². The van der Waals surface area contributed by atoms with Crippen molar-refractivity contribution < 1.29 is 17.9 Å². The summed E-state index contributed by atoms with van der Waals surface area (Å²) in [5.74, 6) is 0.200. The van der Waals surface area contributed by atoms with Gasteiger partial charge in [0, 0.05) is 12.6 Å². The number of halogens is 1. The minimum Gasteiger partial charge on any atom is -0.467 e. The van der Waals surface area contributed by atoms with Crippen LogP contribution in [-0.2, 0) is 25.9 Å². The monoisotopic (exact) mass is 473 g/mol. The van der Waals surface area contributed by atoms with Crippen molar-refractivity contribution in [3.05, 3.63) is 76.9 Å². The molecule has 168 valence electrons. The molecule has 0 amide bonds. The van der Waals surface area contributed by atoms with Crippen LogP contribution in [0.3, 0.4) is 0 Å². The Labute approximate surface area is 192 Å². The van der Waals surface area contributed by atoms with E-state index in [4.69, 9.17) is 16.3 Å². The van der Waals surface area contributed by atoms with Crippen LogP contribution in [0.2, 0.25) is 5.02 Å². The molecule has 0 N–H and O–H groups in total. The van der Waals surface area contributed by atoms with E-state index in [-0.39, 0.29) is 22.9 Å². The Morgan fingerprint density at radius 3 is 2.53 bits per heavy atom. The van der Waals surface area contributed by atoms with Gasteiger partial charge in [-0.2, -0.15) is 5.10 Å². The predicted molar refractivity (Wildman–Crippen MR) is 123 cm³/mol. The zero-order valence-corrected chi connectivity index (χ0v) is 19.4. The third-order valence-electron chi connectivity index (χ3n) is 5.67. The molecule has 0 aliphatic carbocycles. The number of carbonyl (C=O) groups excluding carboxylic acids is 1. The van der Waals surface area contributed by atoms with Crippen LogP contribution in [0.15, 0.2) is 65.6 Å². The second-order valence-corrected chi connectivity index (χ2v) is 10.4. The van der Waals surface area contributed by atoms with Crippen LogP contribution in [0.5, 0.6) is 0 Å². The first-order valence-corrected chi connectivity index (χ1v) is 12.1. The molecule has 0 radical (unpaired) electrons. The Hall–Kier alpha value is -2.84. The van der Waals surface area contributed by atoms with E-state index in [0.717, 1.165) is 11.3 Å². The molecule has 1 aliphatic rings. The number of benzene rings is 2. The number of ether oxygens (including phenoxy) is 1. The van der Waals surface area contributed by atoms with E-state index < -0.39 is 27.1 Å². The van der Waals surface area contributed by atoms with Gasteiger partial charge < -0.3 is 9.64 Å². The van der Waals surface area contributed by atoms with Gasteiger partial charge in [0.05, 0.1) is 34.5 Å². The number of hydrogen-bond donors (Lipinski definition) is 0. The molecule has 3 aromatic rings. The highest BCUT2D eigenvalue weighted by atomic mass is 35.5. The second-order valence-electron chi connectivity index (χ2n) is 7.81. The molecule has 7 nitrogen and oxygen atoms in total. The summed E-state index contributed by atoms with van der Waals surface area (Å²) in [7, 11) is -2.45. The molecule has 1 aliphatic heterocycles. The first kappa shape index (κ1) is 22.4. The van der Waals surface area contributed by atoms with Crippen molar-refractivity contribution in [2.24, 2.45) is 0 Å². The summed E-state index contributed by atoms with van der Waals surface area (Å²) in [5.41, 5.74) is 1.82. The van der Waals surface area contributed by atoms with Crippen LogP contribution in [0.25, 0.3) is 0 Å². The van der Waals surface area contributed by atoms with E-state index in [2.05, 4.69) is 5.10 Å². The van der Waals surface area contributed by atoms with Gasteiger partial charge in [0.2, 0.25) is 0 Å². The number of methoxy groups -OCH3 is 1. The Kier molecular flexibility index (Phi) is 6.26. The third kappa shape index (κ3) is 4.25. The first-order chi connectivity index (χ1) is 15.3. The maximum absolute atomic E-state index is 13.4. The van der Waals surface area contributed by atoms with Gasteiger partial charge in [-0.05, 0) is 31.0 Å². The largest absolute Gasteiger partial charge is 0.467 e. The Bertz CT molecular complexity index is 1230. The van der Waals surface area contributed by atoms with Gasteiger partial charge in [0.25, 0.3) is 0 Å². The van der Waals surface area contributed by atoms with E-state index in [1.54, 1.807) is 27.8 Å². The highest BCUT2D eigenvalue weighted by Crippen LogP contribution is 2.35. The first-order valence-electron chi connectivity index (χ1n) is 10.2. The predicted octanol–water partition coefficient (Wildman–Crippen LogP) is 3.49.